The Morgan fingerprint density at radius 1 is 1.58 bits per heavy atom. The van der Waals surface area contributed by atoms with Gasteiger partial charge in [-0.3, -0.25) is 4.79 Å². The average molecular weight is 290 g/mol. The normalized spacial score (nSPS) is 11.7. The number of hydrogen-bond donors (Lipinski definition) is 2. The minimum Gasteiger partial charge on any atom is -0.497 e. The molecular weight excluding hydrogens is 280 g/mol. The van der Waals surface area contributed by atoms with Crippen LogP contribution in [0.15, 0.2) is 23.1 Å². The van der Waals surface area contributed by atoms with E-state index in [1.807, 2.05) is 0 Å². The fourth-order valence-electron chi connectivity index (χ4n) is 1.33. The van der Waals surface area contributed by atoms with E-state index >= 15 is 0 Å². The first kappa shape index (κ1) is 14.9. The molecule has 1 unspecified atom stereocenters. The van der Waals surface area contributed by atoms with Crippen molar-refractivity contribution in [2.24, 2.45) is 0 Å². The molecule has 0 fully saturated rings. The zero-order chi connectivity index (χ0) is 14.6. The van der Waals surface area contributed by atoms with Gasteiger partial charge in [-0.25, -0.2) is 14.3 Å². The molecule has 1 atom stereocenters. The lowest BCUT2D eigenvalue weighted by molar-refractivity contribution is -0.493. The van der Waals surface area contributed by atoms with Crippen molar-refractivity contribution in [3.05, 3.63) is 28.3 Å². The Labute approximate surface area is 109 Å². The number of carboxylic acids is 1. The SMILES string of the molecule is COc1ccc(S(=O)O)c(N(CC(=O)O)[N+](=O)[O-])c1. The molecule has 2 N–H and O–H groups in total. The summed E-state index contributed by atoms with van der Waals surface area (Å²) in [5.74, 6) is -1.25. The number of ether oxygens (including phenoxy) is 1. The van der Waals surface area contributed by atoms with Gasteiger partial charge in [-0.05, 0) is 12.1 Å². The third-order valence-corrected chi connectivity index (χ3v) is 2.84. The standard InChI is InChI=1S/C9H10N2O7S/c1-18-6-2-3-8(19(16)17)7(4-6)10(11(14)15)5-9(12)13/h2-4H,5H2,1H3,(H,12,13)(H,16,17). The maximum atomic E-state index is 11.1. The highest BCUT2D eigenvalue weighted by Crippen LogP contribution is 2.28. The van der Waals surface area contributed by atoms with E-state index in [1.54, 1.807) is 0 Å². The van der Waals surface area contributed by atoms with Crippen molar-refractivity contribution < 1.29 is 28.4 Å². The molecule has 0 bridgehead atoms. The summed E-state index contributed by atoms with van der Waals surface area (Å²) in [6, 6.07) is 3.61. The van der Waals surface area contributed by atoms with Crippen LogP contribution in [-0.4, -0.2) is 38.5 Å². The number of nitro groups is 1. The van der Waals surface area contributed by atoms with E-state index in [4.69, 9.17) is 14.4 Å². The van der Waals surface area contributed by atoms with Gasteiger partial charge in [0.2, 0.25) is 0 Å². The van der Waals surface area contributed by atoms with Gasteiger partial charge >= 0.3 is 5.97 Å². The number of carbonyl (C=O) groups is 1. The highest BCUT2D eigenvalue weighted by atomic mass is 32.2. The van der Waals surface area contributed by atoms with Gasteiger partial charge in [0.1, 0.15) is 11.4 Å². The molecule has 1 rings (SSSR count). The molecule has 104 valence electrons. The molecule has 9 nitrogen and oxygen atoms in total. The minimum absolute atomic E-state index is 0.196. The summed E-state index contributed by atoms with van der Waals surface area (Å²) in [6.07, 6.45) is 0. The monoisotopic (exact) mass is 290 g/mol. The topological polar surface area (TPSA) is 130 Å². The second-order valence-corrected chi connectivity index (χ2v) is 4.21. The second-order valence-electron chi connectivity index (χ2n) is 3.27. The number of hydrazine groups is 1. The Kier molecular flexibility index (Phi) is 4.78. The molecule has 0 radical (unpaired) electrons. The second kappa shape index (κ2) is 6.11. The summed E-state index contributed by atoms with van der Waals surface area (Å²) >= 11 is -2.50. The highest BCUT2D eigenvalue weighted by molar-refractivity contribution is 7.79. The first-order chi connectivity index (χ1) is 8.86. The van der Waals surface area contributed by atoms with Crippen molar-refractivity contribution >= 4 is 22.7 Å². The summed E-state index contributed by atoms with van der Waals surface area (Å²) in [5, 5.41) is 18.8. The molecular formula is C9H10N2O7S. The van der Waals surface area contributed by atoms with Crippen molar-refractivity contribution in [3.8, 4) is 5.75 Å². The van der Waals surface area contributed by atoms with Crippen molar-refractivity contribution in [3.63, 3.8) is 0 Å². The van der Waals surface area contributed by atoms with Crippen molar-refractivity contribution in [1.82, 2.24) is 0 Å². The van der Waals surface area contributed by atoms with Gasteiger partial charge in [0.05, 0.1) is 12.0 Å². The smallest absolute Gasteiger partial charge is 0.329 e. The number of rotatable bonds is 6. The maximum absolute atomic E-state index is 11.1. The molecule has 1 aromatic rings. The van der Waals surface area contributed by atoms with E-state index in [1.165, 1.54) is 13.2 Å². The Hall–Kier alpha value is -2.20. The molecule has 10 heteroatoms. The van der Waals surface area contributed by atoms with Gasteiger partial charge in [-0.1, -0.05) is 5.01 Å². The Balaban J connectivity index is 3.36. The molecule has 0 heterocycles. The van der Waals surface area contributed by atoms with Crippen LogP contribution in [0, 0.1) is 10.1 Å². The van der Waals surface area contributed by atoms with Crippen LogP contribution in [0.1, 0.15) is 0 Å². The molecule has 0 aliphatic heterocycles. The summed E-state index contributed by atoms with van der Waals surface area (Å²) < 4.78 is 25.0. The summed E-state index contributed by atoms with van der Waals surface area (Å²) in [5.41, 5.74) is -0.312. The molecule has 0 saturated carbocycles. The molecule has 0 aliphatic carbocycles. The molecule has 0 saturated heterocycles. The Morgan fingerprint density at radius 3 is 2.63 bits per heavy atom. The lowest BCUT2D eigenvalue weighted by atomic mass is 10.3. The van der Waals surface area contributed by atoms with Crippen molar-refractivity contribution in [2.75, 3.05) is 18.7 Å². The fourth-order valence-corrected chi connectivity index (χ4v) is 1.86. The predicted molar refractivity (Wildman–Crippen MR) is 64.0 cm³/mol. The maximum Gasteiger partial charge on any atom is 0.329 e. The predicted octanol–water partition coefficient (Wildman–Crippen LogP) is 0.358. The van der Waals surface area contributed by atoms with Crippen molar-refractivity contribution in [1.29, 1.82) is 0 Å². The first-order valence-electron chi connectivity index (χ1n) is 4.79. The van der Waals surface area contributed by atoms with Gasteiger partial charge in [-0.2, -0.15) is 0 Å². The summed E-state index contributed by atoms with van der Waals surface area (Å²) in [6.45, 7) is -0.954. The molecule has 1 aromatic carbocycles. The van der Waals surface area contributed by atoms with E-state index in [9.17, 15) is 19.1 Å². The Bertz CT molecular complexity index is 533. The lowest BCUT2D eigenvalue weighted by Gasteiger charge is -2.15. The van der Waals surface area contributed by atoms with E-state index in [0.717, 1.165) is 12.1 Å². The molecule has 0 amide bonds. The highest BCUT2D eigenvalue weighted by Gasteiger charge is 2.26. The summed E-state index contributed by atoms with van der Waals surface area (Å²) in [4.78, 5) is 21.2. The minimum atomic E-state index is -2.50. The number of anilines is 1. The van der Waals surface area contributed by atoms with E-state index < -0.39 is 28.6 Å². The van der Waals surface area contributed by atoms with Crippen molar-refractivity contribution in [2.45, 2.75) is 4.90 Å². The van der Waals surface area contributed by atoms with Crippen LogP contribution in [-0.2, 0) is 15.9 Å². The fraction of sp³-hybridized carbons (Fsp3) is 0.222. The number of benzene rings is 1. The number of nitrogens with zero attached hydrogens (tertiary/aromatic N) is 2. The van der Waals surface area contributed by atoms with Crippen LogP contribution >= 0.6 is 0 Å². The molecule has 0 aromatic heterocycles. The van der Waals surface area contributed by atoms with E-state index in [-0.39, 0.29) is 21.3 Å². The Morgan fingerprint density at radius 2 is 2.21 bits per heavy atom. The summed E-state index contributed by atoms with van der Waals surface area (Å²) in [7, 11) is 1.31. The number of hydrogen-bond acceptors (Lipinski definition) is 5. The lowest BCUT2D eigenvalue weighted by Crippen LogP contribution is -2.35. The van der Waals surface area contributed by atoms with Gasteiger partial charge in [-0.15, -0.1) is 0 Å². The van der Waals surface area contributed by atoms with E-state index in [2.05, 4.69) is 0 Å². The van der Waals surface area contributed by atoms with Gasteiger partial charge < -0.3 is 14.4 Å². The van der Waals surface area contributed by atoms with Gasteiger partial charge in [0, 0.05) is 6.07 Å². The van der Waals surface area contributed by atoms with Crippen LogP contribution in [0.3, 0.4) is 0 Å². The molecule has 19 heavy (non-hydrogen) atoms. The van der Waals surface area contributed by atoms with Crippen LogP contribution in [0.25, 0.3) is 0 Å². The number of carboxylic acid groups (broad SMARTS) is 1. The van der Waals surface area contributed by atoms with Crippen LogP contribution in [0.4, 0.5) is 5.69 Å². The first-order valence-corrected chi connectivity index (χ1v) is 5.90. The number of aliphatic carboxylic acids is 1. The van der Waals surface area contributed by atoms with E-state index in [0.29, 0.717) is 0 Å². The largest absolute Gasteiger partial charge is 0.497 e. The van der Waals surface area contributed by atoms with Gasteiger partial charge in [0.25, 0.3) is 0 Å². The average Bonchev–Trinajstić information content (AvgIpc) is 2.34. The zero-order valence-corrected chi connectivity index (χ0v) is 10.5. The third-order valence-electron chi connectivity index (χ3n) is 2.11. The quantitative estimate of drug-likeness (QED) is 0.436. The molecule has 0 aliphatic rings. The zero-order valence-electron chi connectivity index (χ0n) is 9.68. The molecule has 0 spiro atoms. The third kappa shape index (κ3) is 3.63. The van der Waals surface area contributed by atoms with Gasteiger partial charge in [0.15, 0.2) is 22.7 Å². The van der Waals surface area contributed by atoms with Crippen LogP contribution in [0.5, 0.6) is 5.75 Å². The van der Waals surface area contributed by atoms with Crippen LogP contribution < -0.4 is 9.75 Å². The van der Waals surface area contributed by atoms with Crippen LogP contribution in [0.2, 0.25) is 0 Å². The number of methoxy groups -OCH3 is 1.